The van der Waals surface area contributed by atoms with Crippen molar-refractivity contribution < 1.29 is 13.5 Å². The molecule has 0 atom stereocenters. The molecule has 1 aromatic carbocycles. The monoisotopic (exact) mass is 298 g/mol. The van der Waals surface area contributed by atoms with Crippen LogP contribution in [0.1, 0.15) is 30.4 Å². The van der Waals surface area contributed by atoms with Crippen molar-refractivity contribution >= 4 is 10.0 Å². The number of benzene rings is 1. The molecule has 0 unspecified atom stereocenters. The van der Waals surface area contributed by atoms with E-state index in [-0.39, 0.29) is 24.9 Å². The highest BCUT2D eigenvalue weighted by Gasteiger charge is 2.33. The lowest BCUT2D eigenvalue weighted by molar-refractivity contribution is 0.178. The van der Waals surface area contributed by atoms with Gasteiger partial charge in [0.05, 0.1) is 12.4 Å². The van der Waals surface area contributed by atoms with Crippen molar-refractivity contribution in [1.82, 2.24) is 4.31 Å². The Labute approximate surface area is 120 Å². The Kier molecular flexibility index (Phi) is 5.15. The molecular weight excluding hydrogens is 276 g/mol. The molecule has 0 aliphatic heterocycles. The molecule has 3 N–H and O–H groups in total. The summed E-state index contributed by atoms with van der Waals surface area (Å²) in [7, 11) is -3.41. The highest BCUT2D eigenvalue weighted by molar-refractivity contribution is 7.88. The van der Waals surface area contributed by atoms with Crippen LogP contribution in [0.2, 0.25) is 0 Å². The van der Waals surface area contributed by atoms with Gasteiger partial charge in [0.1, 0.15) is 0 Å². The van der Waals surface area contributed by atoms with Gasteiger partial charge in [0.15, 0.2) is 0 Å². The summed E-state index contributed by atoms with van der Waals surface area (Å²) in [5.41, 5.74) is 7.26. The van der Waals surface area contributed by atoms with Gasteiger partial charge in [-0.05, 0) is 24.0 Å². The molecule has 0 heterocycles. The highest BCUT2D eigenvalue weighted by Crippen LogP contribution is 2.28. The van der Waals surface area contributed by atoms with E-state index in [4.69, 9.17) is 10.8 Å². The molecule has 1 fully saturated rings. The minimum atomic E-state index is -3.41. The van der Waals surface area contributed by atoms with Crippen LogP contribution in [0.4, 0.5) is 0 Å². The molecule has 1 aromatic rings. The third-order valence-corrected chi connectivity index (χ3v) is 5.71. The van der Waals surface area contributed by atoms with Crippen LogP contribution in [0.15, 0.2) is 24.3 Å². The Balaban J connectivity index is 2.20. The number of sulfonamides is 1. The first-order valence-electron chi connectivity index (χ1n) is 6.95. The summed E-state index contributed by atoms with van der Waals surface area (Å²) in [5.74, 6) is -0.0448. The van der Waals surface area contributed by atoms with Gasteiger partial charge in [0.2, 0.25) is 10.0 Å². The fourth-order valence-electron chi connectivity index (χ4n) is 2.50. The number of nitrogens with zero attached hydrogens (tertiary/aromatic N) is 1. The van der Waals surface area contributed by atoms with E-state index < -0.39 is 10.0 Å². The predicted octanol–water partition coefficient (Wildman–Crippen LogP) is 0.822. The molecule has 20 heavy (non-hydrogen) atoms. The molecule has 1 aliphatic rings. The first-order valence-corrected chi connectivity index (χ1v) is 8.56. The largest absolute Gasteiger partial charge is 0.395 e. The van der Waals surface area contributed by atoms with Gasteiger partial charge < -0.3 is 10.8 Å². The quantitative estimate of drug-likeness (QED) is 0.780. The van der Waals surface area contributed by atoms with Gasteiger partial charge in [0, 0.05) is 19.1 Å². The maximum absolute atomic E-state index is 12.6. The van der Waals surface area contributed by atoms with Crippen molar-refractivity contribution in [3.8, 4) is 0 Å². The van der Waals surface area contributed by atoms with Crippen molar-refractivity contribution in [2.45, 2.75) is 37.6 Å². The second-order valence-corrected chi connectivity index (χ2v) is 7.07. The van der Waals surface area contributed by atoms with Gasteiger partial charge in [-0.2, -0.15) is 4.31 Å². The lowest BCUT2D eigenvalue weighted by atomic mass is 9.93. The standard InChI is InChI=1S/C14H22N2O3S/c15-10-12-4-1-2-5-13(12)11-20(18,19)16(8-9-17)14-6-3-7-14/h1-2,4-5,14,17H,3,6-11,15H2. The van der Waals surface area contributed by atoms with Crippen LogP contribution in [-0.4, -0.2) is 37.0 Å². The average Bonchev–Trinajstić information content (AvgIpc) is 2.36. The van der Waals surface area contributed by atoms with E-state index >= 15 is 0 Å². The number of rotatable bonds is 7. The third kappa shape index (κ3) is 3.38. The second kappa shape index (κ2) is 6.67. The summed E-state index contributed by atoms with van der Waals surface area (Å²) in [4.78, 5) is 0. The zero-order chi connectivity index (χ0) is 14.6. The smallest absolute Gasteiger partial charge is 0.218 e. The van der Waals surface area contributed by atoms with Crippen LogP contribution in [0.3, 0.4) is 0 Å². The summed E-state index contributed by atoms with van der Waals surface area (Å²) < 4.78 is 26.6. The molecule has 1 aliphatic carbocycles. The molecule has 1 saturated carbocycles. The minimum absolute atomic E-state index is 0.0448. The Morgan fingerprint density at radius 3 is 2.40 bits per heavy atom. The molecule has 5 nitrogen and oxygen atoms in total. The van der Waals surface area contributed by atoms with Crippen LogP contribution >= 0.6 is 0 Å². The highest BCUT2D eigenvalue weighted by atomic mass is 32.2. The van der Waals surface area contributed by atoms with Crippen LogP contribution in [0, 0.1) is 0 Å². The van der Waals surface area contributed by atoms with Gasteiger partial charge >= 0.3 is 0 Å². The van der Waals surface area contributed by atoms with Gasteiger partial charge in [-0.15, -0.1) is 0 Å². The molecule has 0 spiro atoms. The molecule has 0 radical (unpaired) electrons. The van der Waals surface area contributed by atoms with Crippen molar-refractivity contribution in [1.29, 1.82) is 0 Å². The van der Waals surface area contributed by atoms with E-state index in [0.717, 1.165) is 30.4 Å². The van der Waals surface area contributed by atoms with Crippen LogP contribution in [0.25, 0.3) is 0 Å². The minimum Gasteiger partial charge on any atom is -0.395 e. The third-order valence-electron chi connectivity index (χ3n) is 3.84. The number of nitrogens with two attached hydrogens (primary N) is 1. The molecule has 6 heteroatoms. The predicted molar refractivity (Wildman–Crippen MR) is 78.4 cm³/mol. The van der Waals surface area contributed by atoms with Gasteiger partial charge in [-0.3, -0.25) is 0 Å². The zero-order valence-corrected chi connectivity index (χ0v) is 12.3. The normalized spacial score (nSPS) is 16.4. The zero-order valence-electron chi connectivity index (χ0n) is 11.5. The molecule has 0 aromatic heterocycles. The van der Waals surface area contributed by atoms with E-state index in [9.17, 15) is 8.42 Å². The Hall–Kier alpha value is -0.950. The lowest BCUT2D eigenvalue weighted by Crippen LogP contribution is -2.46. The van der Waals surface area contributed by atoms with Crippen molar-refractivity contribution in [3.63, 3.8) is 0 Å². The van der Waals surface area contributed by atoms with Gasteiger partial charge in [0.25, 0.3) is 0 Å². The second-order valence-electron chi connectivity index (χ2n) is 5.15. The van der Waals surface area contributed by atoms with Crippen molar-refractivity contribution in [2.75, 3.05) is 13.2 Å². The van der Waals surface area contributed by atoms with Gasteiger partial charge in [-0.25, -0.2) is 8.42 Å². The topological polar surface area (TPSA) is 83.6 Å². The van der Waals surface area contributed by atoms with Crippen LogP contribution < -0.4 is 5.73 Å². The fraction of sp³-hybridized carbons (Fsp3) is 0.571. The summed E-state index contributed by atoms with van der Waals surface area (Å²) in [5, 5.41) is 9.11. The number of aliphatic hydroxyl groups is 1. The number of hydrogen-bond acceptors (Lipinski definition) is 4. The van der Waals surface area contributed by atoms with E-state index in [1.807, 2.05) is 18.2 Å². The summed E-state index contributed by atoms with van der Waals surface area (Å²) in [6.07, 6.45) is 2.83. The Morgan fingerprint density at radius 1 is 1.25 bits per heavy atom. The molecule has 112 valence electrons. The van der Waals surface area contributed by atoms with E-state index in [0.29, 0.717) is 6.54 Å². The van der Waals surface area contributed by atoms with Gasteiger partial charge in [-0.1, -0.05) is 30.7 Å². The SMILES string of the molecule is NCc1ccccc1CS(=O)(=O)N(CCO)C1CCC1. The molecule has 0 amide bonds. The maximum atomic E-state index is 12.6. The van der Waals surface area contributed by atoms with Crippen LogP contribution in [-0.2, 0) is 22.3 Å². The van der Waals surface area contributed by atoms with E-state index in [1.165, 1.54) is 4.31 Å². The number of aliphatic hydroxyl groups excluding tert-OH is 1. The number of hydrogen-bond donors (Lipinski definition) is 2. The molecule has 2 rings (SSSR count). The Bertz CT molecular complexity index is 541. The summed E-state index contributed by atoms with van der Waals surface area (Å²) in [6, 6.07) is 7.39. The first-order chi connectivity index (χ1) is 9.58. The summed E-state index contributed by atoms with van der Waals surface area (Å²) >= 11 is 0. The first kappa shape index (κ1) is 15.4. The maximum Gasteiger partial charge on any atom is 0.218 e. The van der Waals surface area contributed by atoms with E-state index in [2.05, 4.69) is 0 Å². The summed E-state index contributed by atoms with van der Waals surface area (Å²) in [6.45, 7) is 0.362. The lowest BCUT2D eigenvalue weighted by Gasteiger charge is -2.36. The van der Waals surface area contributed by atoms with Crippen molar-refractivity contribution in [3.05, 3.63) is 35.4 Å². The van der Waals surface area contributed by atoms with E-state index in [1.54, 1.807) is 6.07 Å². The molecule has 0 saturated heterocycles. The average molecular weight is 298 g/mol. The fourth-order valence-corrected chi connectivity index (χ4v) is 4.36. The molecule has 0 bridgehead atoms. The molecular formula is C14H22N2O3S. The van der Waals surface area contributed by atoms with Crippen molar-refractivity contribution in [2.24, 2.45) is 5.73 Å². The van der Waals surface area contributed by atoms with Crippen LogP contribution in [0.5, 0.6) is 0 Å². The Morgan fingerprint density at radius 2 is 1.90 bits per heavy atom.